The van der Waals surface area contributed by atoms with E-state index >= 15 is 0 Å². The van der Waals surface area contributed by atoms with Crippen molar-refractivity contribution in [1.29, 1.82) is 0 Å². The molecule has 0 aliphatic rings. The molecule has 13 heavy (non-hydrogen) atoms. The molecule has 0 saturated carbocycles. The monoisotopic (exact) mass is 187 g/mol. The summed E-state index contributed by atoms with van der Waals surface area (Å²) in [6.07, 6.45) is 2.26. The summed E-state index contributed by atoms with van der Waals surface area (Å²) in [6, 6.07) is 0.286. The predicted molar refractivity (Wildman–Crippen MR) is 57.8 cm³/mol. The number of nitrogens with one attached hydrogen (secondary N) is 1. The third-order valence-electron chi connectivity index (χ3n) is 2.43. The van der Waals surface area contributed by atoms with Crippen LogP contribution in [-0.2, 0) is 0 Å². The van der Waals surface area contributed by atoms with Crippen LogP contribution in [0.4, 0.5) is 0 Å². The summed E-state index contributed by atoms with van der Waals surface area (Å²) in [7, 11) is 0. The lowest BCUT2D eigenvalue weighted by molar-refractivity contribution is 0.219. The number of hydrogen-bond donors (Lipinski definition) is 2. The van der Waals surface area contributed by atoms with Crippen LogP contribution in [0.1, 0.15) is 40.5 Å². The Morgan fingerprint density at radius 3 is 2.23 bits per heavy atom. The average Bonchev–Trinajstić information content (AvgIpc) is 2.10. The van der Waals surface area contributed by atoms with E-state index < -0.39 is 0 Å². The molecule has 0 heterocycles. The molecule has 0 aromatic carbocycles. The first kappa shape index (κ1) is 12.9. The lowest BCUT2D eigenvalue weighted by Crippen LogP contribution is -2.36. The summed E-state index contributed by atoms with van der Waals surface area (Å²) < 4.78 is 0. The molecule has 0 saturated heterocycles. The second-order valence-electron chi connectivity index (χ2n) is 4.43. The van der Waals surface area contributed by atoms with Gasteiger partial charge in [-0.25, -0.2) is 0 Å². The van der Waals surface area contributed by atoms with Gasteiger partial charge < -0.3 is 10.4 Å². The van der Waals surface area contributed by atoms with Crippen LogP contribution in [0.15, 0.2) is 0 Å². The maximum atomic E-state index is 9.10. The molecule has 2 N–H and O–H groups in total. The lowest BCUT2D eigenvalue weighted by Gasteiger charge is -2.20. The number of aliphatic hydroxyl groups is 1. The van der Waals surface area contributed by atoms with Crippen molar-refractivity contribution in [3.8, 4) is 0 Å². The van der Waals surface area contributed by atoms with Gasteiger partial charge >= 0.3 is 0 Å². The Labute approximate surface area is 82.7 Å². The zero-order chi connectivity index (χ0) is 10.3. The highest BCUT2D eigenvalue weighted by Gasteiger charge is 2.09. The fourth-order valence-electron chi connectivity index (χ4n) is 1.30. The molecular formula is C11H25NO. The van der Waals surface area contributed by atoms with Crippen molar-refractivity contribution in [1.82, 2.24) is 5.32 Å². The number of hydrogen-bond acceptors (Lipinski definition) is 2. The van der Waals surface area contributed by atoms with Crippen LogP contribution in [-0.4, -0.2) is 24.3 Å². The Balaban J connectivity index is 3.59. The van der Waals surface area contributed by atoms with Crippen LogP contribution >= 0.6 is 0 Å². The molecule has 0 aliphatic heterocycles. The van der Waals surface area contributed by atoms with Crippen molar-refractivity contribution < 1.29 is 5.11 Å². The largest absolute Gasteiger partial charge is 0.395 e. The topological polar surface area (TPSA) is 32.3 Å². The van der Waals surface area contributed by atoms with Gasteiger partial charge in [0.25, 0.3) is 0 Å². The summed E-state index contributed by atoms with van der Waals surface area (Å²) in [5.41, 5.74) is 0. The van der Waals surface area contributed by atoms with Crippen molar-refractivity contribution in [3.63, 3.8) is 0 Å². The zero-order valence-electron chi connectivity index (χ0n) is 9.51. The van der Waals surface area contributed by atoms with E-state index in [9.17, 15) is 0 Å². The van der Waals surface area contributed by atoms with E-state index in [0.29, 0.717) is 11.8 Å². The fraction of sp³-hybridized carbons (Fsp3) is 1.00. The minimum absolute atomic E-state index is 0.259. The summed E-state index contributed by atoms with van der Waals surface area (Å²) in [5.74, 6) is 1.36. The van der Waals surface area contributed by atoms with Crippen molar-refractivity contribution in [2.24, 2.45) is 11.8 Å². The lowest BCUT2D eigenvalue weighted by atomic mass is 10.0. The van der Waals surface area contributed by atoms with Crippen molar-refractivity contribution >= 4 is 0 Å². The molecule has 2 unspecified atom stereocenters. The van der Waals surface area contributed by atoms with E-state index in [1.807, 2.05) is 0 Å². The van der Waals surface area contributed by atoms with Crippen molar-refractivity contribution in [3.05, 3.63) is 0 Å². The molecule has 2 nitrogen and oxygen atoms in total. The molecular weight excluding hydrogens is 162 g/mol. The Morgan fingerprint density at radius 1 is 1.23 bits per heavy atom. The smallest absolute Gasteiger partial charge is 0.0584 e. The highest BCUT2D eigenvalue weighted by atomic mass is 16.3. The first-order valence-electron chi connectivity index (χ1n) is 5.44. The number of aliphatic hydroxyl groups excluding tert-OH is 1. The second kappa shape index (κ2) is 7.34. The van der Waals surface area contributed by atoms with Gasteiger partial charge in [-0.1, -0.05) is 34.1 Å². The summed E-state index contributed by atoms with van der Waals surface area (Å²) in [4.78, 5) is 0. The Hall–Kier alpha value is -0.0800. The standard InChI is InChI=1S/C11H25NO/c1-5-10(4)7-12-11(8-13)6-9(2)3/h9-13H,5-8H2,1-4H3. The van der Waals surface area contributed by atoms with Gasteiger partial charge in [-0.15, -0.1) is 0 Å². The highest BCUT2D eigenvalue weighted by molar-refractivity contribution is 4.68. The highest BCUT2D eigenvalue weighted by Crippen LogP contribution is 2.05. The van der Waals surface area contributed by atoms with Gasteiger partial charge in [-0.05, 0) is 24.8 Å². The van der Waals surface area contributed by atoms with Crippen LogP contribution < -0.4 is 5.32 Å². The Kier molecular flexibility index (Phi) is 7.29. The quantitative estimate of drug-likeness (QED) is 0.639. The van der Waals surface area contributed by atoms with Gasteiger partial charge in [-0.2, -0.15) is 0 Å². The summed E-state index contributed by atoms with van der Waals surface area (Å²) in [6.45, 7) is 10.1. The maximum absolute atomic E-state index is 9.10. The molecule has 2 heteroatoms. The van der Waals surface area contributed by atoms with Crippen LogP contribution in [0.3, 0.4) is 0 Å². The molecule has 0 rings (SSSR count). The average molecular weight is 187 g/mol. The van der Waals surface area contributed by atoms with Crippen LogP contribution in [0.25, 0.3) is 0 Å². The molecule has 0 spiro atoms. The normalized spacial score (nSPS) is 16.2. The van der Waals surface area contributed by atoms with Crippen LogP contribution in [0, 0.1) is 11.8 Å². The summed E-state index contributed by atoms with van der Waals surface area (Å²) >= 11 is 0. The van der Waals surface area contributed by atoms with E-state index in [-0.39, 0.29) is 12.6 Å². The molecule has 2 atom stereocenters. The molecule has 0 amide bonds. The van der Waals surface area contributed by atoms with Crippen LogP contribution in [0.5, 0.6) is 0 Å². The van der Waals surface area contributed by atoms with Gasteiger partial charge in [0.05, 0.1) is 6.61 Å². The first-order valence-corrected chi connectivity index (χ1v) is 5.44. The van der Waals surface area contributed by atoms with E-state index in [1.54, 1.807) is 0 Å². The van der Waals surface area contributed by atoms with E-state index in [4.69, 9.17) is 5.11 Å². The van der Waals surface area contributed by atoms with Gasteiger partial charge in [0.1, 0.15) is 0 Å². The third-order valence-corrected chi connectivity index (χ3v) is 2.43. The van der Waals surface area contributed by atoms with E-state index in [2.05, 4.69) is 33.0 Å². The first-order chi connectivity index (χ1) is 6.10. The van der Waals surface area contributed by atoms with Crippen LogP contribution in [0.2, 0.25) is 0 Å². The maximum Gasteiger partial charge on any atom is 0.0584 e. The molecule has 0 fully saturated rings. The van der Waals surface area contributed by atoms with Gasteiger partial charge in [0.2, 0.25) is 0 Å². The predicted octanol–water partition coefficient (Wildman–Crippen LogP) is 2.03. The molecule has 0 aliphatic carbocycles. The van der Waals surface area contributed by atoms with Crippen molar-refractivity contribution in [2.75, 3.05) is 13.2 Å². The molecule has 80 valence electrons. The SMILES string of the molecule is CCC(C)CNC(CO)CC(C)C. The van der Waals surface area contributed by atoms with Crippen molar-refractivity contribution in [2.45, 2.75) is 46.6 Å². The zero-order valence-corrected chi connectivity index (χ0v) is 9.51. The van der Waals surface area contributed by atoms with E-state index in [0.717, 1.165) is 13.0 Å². The second-order valence-corrected chi connectivity index (χ2v) is 4.43. The molecule has 0 aromatic rings. The van der Waals surface area contributed by atoms with Gasteiger partial charge in [0, 0.05) is 6.04 Å². The fourth-order valence-corrected chi connectivity index (χ4v) is 1.30. The minimum Gasteiger partial charge on any atom is -0.395 e. The van der Waals surface area contributed by atoms with E-state index in [1.165, 1.54) is 6.42 Å². The Bertz CT molecular complexity index is 115. The minimum atomic E-state index is 0.259. The van der Waals surface area contributed by atoms with Gasteiger partial charge in [-0.3, -0.25) is 0 Å². The number of rotatable bonds is 7. The third kappa shape index (κ3) is 7.03. The molecule has 0 aromatic heterocycles. The molecule has 0 bridgehead atoms. The van der Waals surface area contributed by atoms with Gasteiger partial charge in [0.15, 0.2) is 0 Å². The summed E-state index contributed by atoms with van der Waals surface area (Å²) in [5, 5.41) is 12.5. The Morgan fingerprint density at radius 2 is 1.85 bits per heavy atom. The molecule has 0 radical (unpaired) electrons.